The summed E-state index contributed by atoms with van der Waals surface area (Å²) in [7, 11) is 0. The first-order valence-corrected chi connectivity index (χ1v) is 15.5. The van der Waals surface area contributed by atoms with E-state index in [1.54, 1.807) is 13.8 Å². The van der Waals surface area contributed by atoms with Crippen LogP contribution in [0.4, 0.5) is 0 Å². The third-order valence-electron chi connectivity index (χ3n) is 13.8. The van der Waals surface area contributed by atoms with E-state index in [0.29, 0.717) is 24.2 Å². The smallest absolute Gasteiger partial charge is 0.312 e. The van der Waals surface area contributed by atoms with Gasteiger partial charge in [-0.3, -0.25) is 4.79 Å². The standard InChI is InChI=1S/C34H52O5/c1-20-10-13-30(5)16-17-32(7)23(26(30)21(20)2)18-22(19-35)27-31(6)14-12-25(39-29(3,4)38)34(9,28(36)37)24(31)11-15-33(27,32)8/h18,20-21,24-27,38H,10-17H2,1-9H3,(H,36,37)/t20-,21+,24?,25-,26?,27?,30-,31+,32-,33-,34-/m1/s1. The van der Waals surface area contributed by atoms with Gasteiger partial charge in [-0.15, -0.1) is 0 Å². The normalized spacial score (nSPS) is 51.4. The summed E-state index contributed by atoms with van der Waals surface area (Å²) in [5.74, 6) is 1.63. The van der Waals surface area contributed by atoms with Crippen LogP contribution in [0.5, 0.6) is 0 Å². The second-order valence-corrected chi connectivity index (χ2v) is 16.1. The lowest BCUT2D eigenvalue weighted by molar-refractivity contribution is -0.270. The molecule has 0 saturated heterocycles. The van der Waals surface area contributed by atoms with Gasteiger partial charge in [-0.25, -0.2) is 4.79 Å². The number of fused-ring (bicyclic) bond motifs is 7. The Morgan fingerprint density at radius 1 is 1.00 bits per heavy atom. The van der Waals surface area contributed by atoms with Crippen molar-refractivity contribution in [2.45, 2.75) is 126 Å². The number of carbonyl (C=O) groups excluding carboxylic acids is 1. The van der Waals surface area contributed by atoms with Crippen molar-refractivity contribution in [1.82, 2.24) is 0 Å². The van der Waals surface area contributed by atoms with E-state index >= 15 is 0 Å². The molecule has 218 valence electrons. The Hall–Kier alpha value is -1.42. The molecule has 5 aliphatic rings. The van der Waals surface area contributed by atoms with Gasteiger partial charge in [0.15, 0.2) is 5.79 Å². The number of carboxylic acid groups (broad SMARTS) is 1. The molecular formula is C34H52O5. The summed E-state index contributed by atoms with van der Waals surface area (Å²) in [5, 5.41) is 21.2. The average molecular weight is 541 g/mol. The van der Waals surface area contributed by atoms with Crippen molar-refractivity contribution in [3.63, 3.8) is 0 Å². The van der Waals surface area contributed by atoms with Crippen molar-refractivity contribution >= 4 is 11.9 Å². The summed E-state index contributed by atoms with van der Waals surface area (Å²) in [5.41, 5.74) is 0.775. The molecule has 0 heterocycles. The Bertz CT molecular complexity index is 1130. The first-order chi connectivity index (χ1) is 17.9. The molecule has 0 aliphatic heterocycles. The molecule has 0 aromatic carbocycles. The molecule has 4 fully saturated rings. The molecule has 2 N–H and O–H groups in total. The summed E-state index contributed by atoms with van der Waals surface area (Å²) in [4.78, 5) is 26.0. The number of ether oxygens (including phenoxy) is 1. The molecule has 5 nitrogen and oxygen atoms in total. The molecule has 5 aliphatic carbocycles. The molecular weight excluding hydrogens is 488 g/mol. The number of allylic oxidation sites excluding steroid dienone is 3. The van der Waals surface area contributed by atoms with E-state index in [9.17, 15) is 19.8 Å². The first-order valence-electron chi connectivity index (χ1n) is 15.5. The predicted molar refractivity (Wildman–Crippen MR) is 152 cm³/mol. The number of rotatable bonds is 3. The molecule has 0 radical (unpaired) electrons. The van der Waals surface area contributed by atoms with Gasteiger partial charge < -0.3 is 14.9 Å². The van der Waals surface area contributed by atoms with Crippen LogP contribution in [0, 0.1) is 56.7 Å². The Balaban J connectivity index is 1.65. The molecule has 0 bridgehead atoms. The van der Waals surface area contributed by atoms with Crippen LogP contribution in [0.15, 0.2) is 17.2 Å². The molecule has 0 aromatic rings. The Kier molecular flexibility index (Phi) is 6.56. The van der Waals surface area contributed by atoms with Gasteiger partial charge in [-0.2, -0.15) is 0 Å². The van der Waals surface area contributed by atoms with Gasteiger partial charge in [0.25, 0.3) is 0 Å². The highest BCUT2D eigenvalue weighted by Crippen LogP contribution is 2.76. The number of aliphatic hydroxyl groups is 1. The van der Waals surface area contributed by atoms with Crippen LogP contribution >= 0.6 is 0 Å². The minimum Gasteiger partial charge on any atom is -0.481 e. The fourth-order valence-electron chi connectivity index (χ4n) is 11.3. The van der Waals surface area contributed by atoms with Gasteiger partial charge in [-0.1, -0.05) is 47.1 Å². The van der Waals surface area contributed by atoms with E-state index in [-0.39, 0.29) is 33.5 Å². The maximum atomic E-state index is 13.1. The SMILES string of the molecule is C[C@@H]1CC[C@]2(C)CC[C@]3(C)C(=CC(=C=O)C4[C@@]5(C)CC[C@@H](OC(C)(C)O)[C@](C)(C(=O)O)C5CC[C@]43C)C2[C@H]1C. The van der Waals surface area contributed by atoms with Gasteiger partial charge in [-0.05, 0) is 124 Å². The molecule has 4 saturated carbocycles. The molecule has 39 heavy (non-hydrogen) atoms. The monoisotopic (exact) mass is 540 g/mol. The van der Waals surface area contributed by atoms with Gasteiger partial charge >= 0.3 is 5.97 Å². The minimum atomic E-state index is -1.41. The highest BCUT2D eigenvalue weighted by atomic mass is 16.6. The van der Waals surface area contributed by atoms with Crippen LogP contribution < -0.4 is 0 Å². The van der Waals surface area contributed by atoms with Crippen LogP contribution in [0.1, 0.15) is 114 Å². The topological polar surface area (TPSA) is 83.8 Å². The van der Waals surface area contributed by atoms with E-state index in [1.807, 2.05) is 6.92 Å². The molecule has 0 spiro atoms. The zero-order valence-corrected chi connectivity index (χ0v) is 25.8. The zero-order chi connectivity index (χ0) is 29.0. The quantitative estimate of drug-likeness (QED) is 0.292. The van der Waals surface area contributed by atoms with E-state index in [0.717, 1.165) is 31.3 Å². The number of carboxylic acids is 1. The number of hydrogen-bond donors (Lipinski definition) is 2. The number of hydrogen-bond acceptors (Lipinski definition) is 4. The summed E-state index contributed by atoms with van der Waals surface area (Å²) in [6.07, 6.45) is 9.48. The van der Waals surface area contributed by atoms with Gasteiger partial charge in [0, 0.05) is 11.5 Å². The fourth-order valence-corrected chi connectivity index (χ4v) is 11.3. The third-order valence-corrected chi connectivity index (χ3v) is 13.8. The number of aliphatic carboxylic acids is 1. The van der Waals surface area contributed by atoms with Crippen LogP contribution in [0.3, 0.4) is 0 Å². The molecule has 11 atom stereocenters. The molecule has 0 amide bonds. The second kappa shape index (κ2) is 8.79. The highest BCUT2D eigenvalue weighted by Gasteiger charge is 2.71. The Morgan fingerprint density at radius 2 is 1.67 bits per heavy atom. The minimum absolute atomic E-state index is 0.0401. The predicted octanol–water partition coefficient (Wildman–Crippen LogP) is 7.21. The largest absolute Gasteiger partial charge is 0.481 e. The van der Waals surface area contributed by atoms with Crippen LogP contribution in [0.2, 0.25) is 0 Å². The van der Waals surface area contributed by atoms with Crippen molar-refractivity contribution in [3.8, 4) is 0 Å². The van der Waals surface area contributed by atoms with E-state index in [1.165, 1.54) is 24.8 Å². The lowest BCUT2D eigenvalue weighted by atomic mass is 9.33. The van der Waals surface area contributed by atoms with E-state index in [4.69, 9.17) is 4.74 Å². The molecule has 5 heteroatoms. The van der Waals surface area contributed by atoms with Gasteiger partial charge in [0.1, 0.15) is 5.94 Å². The summed E-state index contributed by atoms with van der Waals surface area (Å²) in [6.45, 7) is 19.4. The lowest BCUT2D eigenvalue weighted by Crippen LogP contribution is -2.67. The summed E-state index contributed by atoms with van der Waals surface area (Å²) < 4.78 is 6.04. The molecule has 3 unspecified atom stereocenters. The van der Waals surface area contributed by atoms with Gasteiger partial charge in [0.05, 0.1) is 11.5 Å². The van der Waals surface area contributed by atoms with Crippen LogP contribution in [0.25, 0.3) is 0 Å². The van der Waals surface area contributed by atoms with Crippen molar-refractivity contribution in [1.29, 1.82) is 0 Å². The van der Waals surface area contributed by atoms with Crippen molar-refractivity contribution in [2.24, 2.45) is 56.7 Å². The van der Waals surface area contributed by atoms with Crippen molar-refractivity contribution in [3.05, 3.63) is 17.2 Å². The van der Waals surface area contributed by atoms with Crippen molar-refractivity contribution in [2.75, 3.05) is 0 Å². The van der Waals surface area contributed by atoms with E-state index < -0.39 is 23.3 Å². The lowest BCUT2D eigenvalue weighted by Gasteiger charge is -2.71. The van der Waals surface area contributed by atoms with Crippen LogP contribution in [-0.4, -0.2) is 34.0 Å². The summed E-state index contributed by atoms with van der Waals surface area (Å²) >= 11 is 0. The third kappa shape index (κ3) is 3.78. The highest BCUT2D eigenvalue weighted by molar-refractivity contribution is 5.76. The van der Waals surface area contributed by atoms with Gasteiger partial charge in [0.2, 0.25) is 0 Å². The second-order valence-electron chi connectivity index (χ2n) is 16.1. The summed E-state index contributed by atoms with van der Waals surface area (Å²) in [6, 6.07) is 0. The molecule has 5 rings (SSSR count). The maximum Gasteiger partial charge on any atom is 0.312 e. The number of carbonyl (C=O) groups is 1. The zero-order valence-electron chi connectivity index (χ0n) is 25.8. The molecule has 0 aromatic heterocycles. The fraction of sp³-hybridized carbons (Fsp3) is 0.853. The Morgan fingerprint density at radius 3 is 2.26 bits per heavy atom. The van der Waals surface area contributed by atoms with E-state index in [2.05, 4.69) is 53.6 Å². The van der Waals surface area contributed by atoms with Crippen LogP contribution in [-0.2, 0) is 14.3 Å². The average Bonchev–Trinajstić information content (AvgIpc) is 2.83. The van der Waals surface area contributed by atoms with Crippen molar-refractivity contribution < 1.29 is 24.5 Å². The maximum absolute atomic E-state index is 13.1. The first kappa shape index (κ1) is 29.1. The Labute approximate surface area is 235 Å².